The van der Waals surface area contributed by atoms with E-state index in [-0.39, 0.29) is 12.5 Å². The molecule has 1 aromatic rings. The molecule has 0 spiro atoms. The van der Waals surface area contributed by atoms with Crippen LogP contribution in [-0.2, 0) is 0 Å². The molecule has 1 rings (SSSR count). The molecule has 0 saturated carbocycles. The van der Waals surface area contributed by atoms with E-state index in [4.69, 9.17) is 18.0 Å². The fourth-order valence-corrected chi connectivity index (χ4v) is 1.34. The smallest absolute Gasteiger partial charge is 0.252 e. The summed E-state index contributed by atoms with van der Waals surface area (Å²) in [6, 6.07) is 5.11. The predicted molar refractivity (Wildman–Crippen MR) is 57.4 cm³/mol. The van der Waals surface area contributed by atoms with E-state index >= 15 is 0 Å². The average molecular weight is 208 g/mol. The normalized spacial score (nSPS) is 9.21. The summed E-state index contributed by atoms with van der Waals surface area (Å²) in [5.41, 5.74) is 1.44. The lowest BCUT2D eigenvalue weighted by molar-refractivity contribution is 0.0958. The van der Waals surface area contributed by atoms with E-state index in [2.05, 4.69) is 11.2 Å². The van der Waals surface area contributed by atoms with Crippen LogP contribution in [0.1, 0.15) is 15.9 Å². The van der Waals surface area contributed by atoms with Crippen molar-refractivity contribution < 1.29 is 4.79 Å². The topological polar surface area (TPSA) is 29.1 Å². The molecule has 0 heterocycles. The summed E-state index contributed by atoms with van der Waals surface area (Å²) in [7, 11) is 0. The van der Waals surface area contributed by atoms with Crippen molar-refractivity contribution in [3.05, 3.63) is 34.3 Å². The highest BCUT2D eigenvalue weighted by Crippen LogP contribution is 2.14. The van der Waals surface area contributed by atoms with Gasteiger partial charge in [0.2, 0.25) is 0 Å². The fourth-order valence-electron chi connectivity index (χ4n) is 1.11. The average Bonchev–Trinajstić information content (AvgIpc) is 2.14. The molecule has 3 heteroatoms. The molecule has 14 heavy (non-hydrogen) atoms. The number of carbonyl (C=O) groups is 1. The number of nitrogens with one attached hydrogen (secondary N) is 1. The van der Waals surface area contributed by atoms with E-state index < -0.39 is 0 Å². The van der Waals surface area contributed by atoms with Crippen molar-refractivity contribution in [3.63, 3.8) is 0 Å². The van der Waals surface area contributed by atoms with E-state index in [0.717, 1.165) is 5.56 Å². The lowest BCUT2D eigenvalue weighted by Crippen LogP contribution is -2.24. The number of rotatable bonds is 2. The molecule has 0 radical (unpaired) electrons. The lowest BCUT2D eigenvalue weighted by atomic mass is 10.1. The number of carbonyl (C=O) groups excluding carboxylic acids is 1. The maximum Gasteiger partial charge on any atom is 0.252 e. The highest BCUT2D eigenvalue weighted by Gasteiger charge is 2.07. The number of aryl methyl sites for hydroxylation is 1. The molecule has 1 N–H and O–H groups in total. The Hall–Kier alpha value is -1.46. The van der Waals surface area contributed by atoms with Crippen LogP contribution in [0, 0.1) is 19.3 Å². The minimum Gasteiger partial charge on any atom is -0.341 e. The quantitative estimate of drug-likeness (QED) is 0.739. The van der Waals surface area contributed by atoms with Gasteiger partial charge in [0.25, 0.3) is 5.91 Å². The Balaban J connectivity index is 2.86. The van der Waals surface area contributed by atoms with Crippen molar-refractivity contribution in [2.24, 2.45) is 0 Å². The highest BCUT2D eigenvalue weighted by molar-refractivity contribution is 6.30. The molecule has 0 atom stereocenters. The van der Waals surface area contributed by atoms with E-state index in [0.29, 0.717) is 10.6 Å². The van der Waals surface area contributed by atoms with Gasteiger partial charge in [0, 0.05) is 10.6 Å². The predicted octanol–water partition coefficient (Wildman–Crippen LogP) is 2.01. The van der Waals surface area contributed by atoms with Crippen molar-refractivity contribution in [2.75, 3.05) is 6.54 Å². The van der Waals surface area contributed by atoms with E-state index in [9.17, 15) is 4.79 Å². The molecular weight excluding hydrogens is 198 g/mol. The first-order valence-electron chi connectivity index (χ1n) is 4.13. The summed E-state index contributed by atoms with van der Waals surface area (Å²) in [4.78, 5) is 11.5. The molecule has 1 aromatic carbocycles. The fraction of sp³-hybridized carbons (Fsp3) is 0.182. The van der Waals surface area contributed by atoms with Crippen LogP contribution in [0.15, 0.2) is 18.2 Å². The number of benzene rings is 1. The van der Waals surface area contributed by atoms with Crippen molar-refractivity contribution >= 4 is 17.5 Å². The molecular formula is C11H10ClNO. The molecule has 0 fully saturated rings. The van der Waals surface area contributed by atoms with Crippen LogP contribution in [0.4, 0.5) is 0 Å². The van der Waals surface area contributed by atoms with Gasteiger partial charge in [0.1, 0.15) is 0 Å². The summed E-state index contributed by atoms with van der Waals surface area (Å²) in [6.45, 7) is 2.07. The van der Waals surface area contributed by atoms with Crippen molar-refractivity contribution in [1.82, 2.24) is 5.32 Å². The molecule has 72 valence electrons. The largest absolute Gasteiger partial charge is 0.341 e. The number of halogens is 1. The molecule has 0 aliphatic heterocycles. The second-order valence-corrected chi connectivity index (χ2v) is 3.28. The third-order valence-electron chi connectivity index (χ3n) is 1.78. The van der Waals surface area contributed by atoms with Crippen LogP contribution in [-0.4, -0.2) is 12.5 Å². The maximum atomic E-state index is 11.5. The van der Waals surface area contributed by atoms with Crippen molar-refractivity contribution in [2.45, 2.75) is 6.92 Å². The molecule has 0 aromatic heterocycles. The Kier molecular flexibility index (Phi) is 3.55. The second kappa shape index (κ2) is 4.69. The van der Waals surface area contributed by atoms with Crippen LogP contribution >= 0.6 is 11.6 Å². The minimum absolute atomic E-state index is 0.169. The first-order chi connectivity index (χ1) is 6.65. The van der Waals surface area contributed by atoms with E-state index in [1.165, 1.54) is 0 Å². The zero-order chi connectivity index (χ0) is 10.6. The summed E-state index contributed by atoms with van der Waals surface area (Å²) < 4.78 is 0. The maximum absolute atomic E-state index is 11.5. The molecule has 0 saturated heterocycles. The van der Waals surface area contributed by atoms with Crippen molar-refractivity contribution in [3.8, 4) is 12.3 Å². The van der Waals surface area contributed by atoms with Gasteiger partial charge in [-0.3, -0.25) is 4.79 Å². The second-order valence-electron chi connectivity index (χ2n) is 2.85. The van der Waals surface area contributed by atoms with Gasteiger partial charge in [-0.15, -0.1) is 6.42 Å². The van der Waals surface area contributed by atoms with Crippen LogP contribution in [0.2, 0.25) is 5.02 Å². The molecule has 0 aliphatic carbocycles. The van der Waals surface area contributed by atoms with E-state index in [1.54, 1.807) is 18.2 Å². The standard InChI is InChI=1S/C11H10ClNO/c1-3-6-13-11(14)10-5-4-9(12)7-8(10)2/h1,4-5,7H,6H2,2H3,(H,13,14). The minimum atomic E-state index is -0.169. The number of hydrogen-bond donors (Lipinski definition) is 1. The number of terminal acetylenes is 1. The monoisotopic (exact) mass is 207 g/mol. The van der Waals surface area contributed by atoms with Gasteiger partial charge in [-0.2, -0.15) is 0 Å². The van der Waals surface area contributed by atoms with Crippen LogP contribution in [0.25, 0.3) is 0 Å². The Bertz CT molecular complexity index is 393. The summed E-state index contributed by atoms with van der Waals surface area (Å²) >= 11 is 5.76. The van der Waals surface area contributed by atoms with Gasteiger partial charge in [0.05, 0.1) is 6.54 Å². The molecule has 2 nitrogen and oxygen atoms in total. The first-order valence-corrected chi connectivity index (χ1v) is 4.50. The Morgan fingerprint density at radius 3 is 2.93 bits per heavy atom. The SMILES string of the molecule is C#CCNC(=O)c1ccc(Cl)cc1C. The van der Waals surface area contributed by atoms with Crippen LogP contribution in [0.5, 0.6) is 0 Å². The molecule has 0 unspecified atom stereocenters. The van der Waals surface area contributed by atoms with Crippen LogP contribution < -0.4 is 5.32 Å². The Morgan fingerprint density at radius 1 is 1.64 bits per heavy atom. The Morgan fingerprint density at radius 2 is 2.36 bits per heavy atom. The van der Waals surface area contributed by atoms with Crippen LogP contribution in [0.3, 0.4) is 0 Å². The third-order valence-corrected chi connectivity index (χ3v) is 2.02. The van der Waals surface area contributed by atoms with Gasteiger partial charge in [-0.25, -0.2) is 0 Å². The van der Waals surface area contributed by atoms with Gasteiger partial charge >= 0.3 is 0 Å². The molecule has 0 bridgehead atoms. The first kappa shape index (κ1) is 10.6. The van der Waals surface area contributed by atoms with Crippen molar-refractivity contribution in [1.29, 1.82) is 0 Å². The van der Waals surface area contributed by atoms with Gasteiger partial charge in [0.15, 0.2) is 0 Å². The number of hydrogen-bond acceptors (Lipinski definition) is 1. The third kappa shape index (κ3) is 2.51. The zero-order valence-corrected chi connectivity index (χ0v) is 8.56. The summed E-state index contributed by atoms with van der Waals surface area (Å²) in [5.74, 6) is 2.17. The summed E-state index contributed by atoms with van der Waals surface area (Å²) in [6.07, 6.45) is 5.03. The highest BCUT2D eigenvalue weighted by atomic mass is 35.5. The molecule has 0 aliphatic rings. The lowest BCUT2D eigenvalue weighted by Gasteiger charge is -2.05. The Labute approximate surface area is 88.3 Å². The van der Waals surface area contributed by atoms with Gasteiger partial charge < -0.3 is 5.32 Å². The molecule has 1 amide bonds. The summed E-state index contributed by atoms with van der Waals surface area (Å²) in [5, 5.41) is 3.21. The van der Waals surface area contributed by atoms with Gasteiger partial charge in [-0.1, -0.05) is 17.5 Å². The zero-order valence-electron chi connectivity index (χ0n) is 7.80. The van der Waals surface area contributed by atoms with Gasteiger partial charge in [-0.05, 0) is 30.7 Å². The van der Waals surface area contributed by atoms with E-state index in [1.807, 2.05) is 6.92 Å². The number of amides is 1.